The predicted octanol–water partition coefficient (Wildman–Crippen LogP) is 1.25. The highest BCUT2D eigenvalue weighted by Crippen LogP contribution is 2.30. The van der Waals surface area contributed by atoms with E-state index in [1.165, 1.54) is 23.1 Å². The van der Waals surface area contributed by atoms with Crippen LogP contribution in [-0.2, 0) is 9.59 Å². The molecule has 1 fully saturated rings. The van der Waals surface area contributed by atoms with E-state index in [0.717, 1.165) is 4.90 Å². The molecule has 0 aromatic heterocycles. The molecular weight excluding hydrogens is 394 g/mol. The van der Waals surface area contributed by atoms with Crippen molar-refractivity contribution in [3.8, 4) is 5.75 Å². The van der Waals surface area contributed by atoms with E-state index in [1.807, 2.05) is 0 Å². The van der Waals surface area contributed by atoms with Crippen molar-refractivity contribution >= 4 is 29.7 Å². The zero-order valence-corrected chi connectivity index (χ0v) is 16.9. The smallest absolute Gasteiger partial charge is 0.407 e. The molecule has 10 heteroatoms. The van der Waals surface area contributed by atoms with E-state index in [9.17, 15) is 29.1 Å². The quantitative estimate of drug-likeness (QED) is 0.689. The number of piperidine rings is 1. The molecule has 2 N–H and O–H groups in total. The van der Waals surface area contributed by atoms with Crippen LogP contribution in [0.4, 0.5) is 4.79 Å². The Morgan fingerprint density at radius 2 is 1.87 bits per heavy atom. The van der Waals surface area contributed by atoms with Gasteiger partial charge in [0, 0.05) is 12.0 Å². The molecule has 3 rings (SSSR count). The van der Waals surface area contributed by atoms with Crippen LogP contribution in [-0.4, -0.2) is 69.4 Å². The number of carbonyl (C=O) groups excluding carboxylic acids is 4. The summed E-state index contributed by atoms with van der Waals surface area (Å²) in [6.07, 6.45) is -0.940. The third kappa shape index (κ3) is 3.98. The number of benzene rings is 1. The lowest BCUT2D eigenvalue weighted by Crippen LogP contribution is -2.54. The molecule has 0 aliphatic carbocycles. The number of amides is 5. The maximum absolute atomic E-state index is 12.8. The number of hydrogen-bond acceptors (Lipinski definition) is 6. The Morgan fingerprint density at radius 1 is 1.20 bits per heavy atom. The van der Waals surface area contributed by atoms with Crippen molar-refractivity contribution in [1.82, 2.24) is 15.1 Å². The molecule has 1 aromatic carbocycles. The second-order valence-electron chi connectivity index (χ2n) is 8.11. The topological polar surface area (TPSA) is 133 Å². The number of rotatable bonds is 5. The molecule has 2 aliphatic rings. The van der Waals surface area contributed by atoms with Crippen molar-refractivity contribution in [2.75, 3.05) is 13.2 Å². The highest BCUT2D eigenvalue weighted by molar-refractivity contribution is 6.23. The Morgan fingerprint density at radius 3 is 2.47 bits per heavy atom. The summed E-state index contributed by atoms with van der Waals surface area (Å²) in [5.74, 6) is -2.03. The summed E-state index contributed by atoms with van der Waals surface area (Å²) in [7, 11) is 0. The summed E-state index contributed by atoms with van der Waals surface area (Å²) >= 11 is 0. The standard InChI is InChI=1S/C20H23N3O7/c1-20(2,3)22(19(28)29)8-9-30-11-4-5-12-13(10-11)18(27)23(17(12)26)14-6-7-15(24)21-16(14)25/h4-5,10,14H,6-9H2,1-3H3,(H,28,29)(H,21,24,25). The van der Waals surface area contributed by atoms with Gasteiger partial charge in [0.05, 0.1) is 17.7 Å². The van der Waals surface area contributed by atoms with Gasteiger partial charge < -0.3 is 14.7 Å². The molecule has 1 aromatic rings. The lowest BCUT2D eigenvalue weighted by molar-refractivity contribution is -0.136. The maximum Gasteiger partial charge on any atom is 0.407 e. The van der Waals surface area contributed by atoms with Crippen molar-refractivity contribution in [1.29, 1.82) is 0 Å². The maximum atomic E-state index is 12.8. The molecular formula is C20H23N3O7. The number of carbonyl (C=O) groups is 5. The monoisotopic (exact) mass is 417 g/mol. The normalized spacial score (nSPS) is 18.9. The number of ether oxygens (including phenoxy) is 1. The van der Waals surface area contributed by atoms with Gasteiger partial charge in [-0.15, -0.1) is 0 Å². The first-order chi connectivity index (χ1) is 14.0. The van der Waals surface area contributed by atoms with Crippen LogP contribution in [0.1, 0.15) is 54.3 Å². The highest BCUT2D eigenvalue weighted by Gasteiger charge is 2.44. The fourth-order valence-electron chi connectivity index (χ4n) is 3.51. The van der Waals surface area contributed by atoms with Gasteiger partial charge in [-0.25, -0.2) is 4.79 Å². The zero-order valence-electron chi connectivity index (χ0n) is 16.9. The summed E-state index contributed by atoms with van der Waals surface area (Å²) in [4.78, 5) is 62.4. The molecule has 1 unspecified atom stereocenters. The fraction of sp³-hybridized carbons (Fsp3) is 0.450. The number of hydrogen-bond donors (Lipinski definition) is 2. The molecule has 2 heterocycles. The largest absolute Gasteiger partial charge is 0.492 e. The molecule has 0 bridgehead atoms. The van der Waals surface area contributed by atoms with Crippen LogP contribution in [0.2, 0.25) is 0 Å². The Balaban J connectivity index is 1.72. The van der Waals surface area contributed by atoms with Crippen LogP contribution in [0.15, 0.2) is 18.2 Å². The Kier molecular flexibility index (Phi) is 5.51. The third-order valence-electron chi connectivity index (χ3n) is 5.04. The second kappa shape index (κ2) is 7.77. The molecule has 160 valence electrons. The van der Waals surface area contributed by atoms with Gasteiger partial charge in [0.25, 0.3) is 11.8 Å². The molecule has 10 nitrogen and oxygen atoms in total. The molecule has 5 amide bonds. The van der Waals surface area contributed by atoms with Crippen LogP contribution < -0.4 is 10.1 Å². The predicted molar refractivity (Wildman–Crippen MR) is 103 cm³/mol. The Hall–Kier alpha value is -3.43. The van der Waals surface area contributed by atoms with Crippen LogP contribution >= 0.6 is 0 Å². The first-order valence-electron chi connectivity index (χ1n) is 9.49. The lowest BCUT2D eigenvalue weighted by Gasteiger charge is -2.32. The van der Waals surface area contributed by atoms with Gasteiger partial charge in [0.1, 0.15) is 18.4 Å². The Labute approximate surface area is 172 Å². The third-order valence-corrected chi connectivity index (χ3v) is 5.04. The minimum absolute atomic E-state index is 0.0476. The zero-order chi connectivity index (χ0) is 22.2. The van der Waals surface area contributed by atoms with E-state index in [1.54, 1.807) is 20.8 Å². The minimum atomic E-state index is -1.07. The van der Waals surface area contributed by atoms with E-state index >= 15 is 0 Å². The van der Waals surface area contributed by atoms with Crippen molar-refractivity contribution in [3.63, 3.8) is 0 Å². The highest BCUT2D eigenvalue weighted by atomic mass is 16.5. The number of imide groups is 2. The van der Waals surface area contributed by atoms with E-state index in [0.29, 0.717) is 5.75 Å². The molecule has 1 atom stereocenters. The fourth-order valence-corrected chi connectivity index (χ4v) is 3.51. The van der Waals surface area contributed by atoms with Gasteiger partial charge in [0.15, 0.2) is 0 Å². The minimum Gasteiger partial charge on any atom is -0.492 e. The van der Waals surface area contributed by atoms with Crippen molar-refractivity contribution in [2.45, 2.75) is 45.2 Å². The van der Waals surface area contributed by atoms with Gasteiger partial charge in [-0.3, -0.25) is 29.4 Å². The molecule has 0 saturated carbocycles. The summed E-state index contributed by atoms with van der Waals surface area (Å²) in [6.45, 7) is 5.48. The van der Waals surface area contributed by atoms with E-state index < -0.39 is 41.3 Å². The molecule has 0 spiro atoms. The molecule has 0 radical (unpaired) electrons. The lowest BCUT2D eigenvalue weighted by atomic mass is 10.0. The number of nitrogens with one attached hydrogen (secondary N) is 1. The summed E-state index contributed by atoms with van der Waals surface area (Å²) in [5.41, 5.74) is -0.343. The van der Waals surface area contributed by atoms with Gasteiger partial charge in [-0.2, -0.15) is 0 Å². The SMILES string of the molecule is CC(C)(C)N(CCOc1ccc2c(c1)C(=O)N(C1CCC(=O)NC1=O)C2=O)C(=O)O. The van der Waals surface area contributed by atoms with E-state index in [-0.39, 0.29) is 37.1 Å². The number of nitrogens with zero attached hydrogens (tertiary/aromatic N) is 2. The molecule has 1 saturated heterocycles. The first-order valence-corrected chi connectivity index (χ1v) is 9.49. The summed E-state index contributed by atoms with van der Waals surface area (Å²) in [5, 5.41) is 11.5. The Bertz CT molecular complexity index is 935. The van der Waals surface area contributed by atoms with Gasteiger partial charge in [-0.05, 0) is 45.4 Å². The first kappa shape index (κ1) is 21.3. The van der Waals surface area contributed by atoms with Gasteiger partial charge in [0.2, 0.25) is 11.8 Å². The van der Waals surface area contributed by atoms with Gasteiger partial charge >= 0.3 is 6.09 Å². The van der Waals surface area contributed by atoms with Crippen LogP contribution in [0.25, 0.3) is 0 Å². The number of fused-ring (bicyclic) bond motifs is 1. The second-order valence-corrected chi connectivity index (χ2v) is 8.11. The molecule has 2 aliphatic heterocycles. The van der Waals surface area contributed by atoms with E-state index in [4.69, 9.17) is 4.74 Å². The van der Waals surface area contributed by atoms with Crippen molar-refractivity contribution < 1.29 is 33.8 Å². The van der Waals surface area contributed by atoms with Crippen molar-refractivity contribution in [2.24, 2.45) is 0 Å². The average Bonchev–Trinajstić information content (AvgIpc) is 2.88. The average molecular weight is 417 g/mol. The summed E-state index contributed by atoms with van der Waals surface area (Å²) in [6, 6.07) is 3.33. The van der Waals surface area contributed by atoms with Gasteiger partial charge in [-0.1, -0.05) is 0 Å². The van der Waals surface area contributed by atoms with Crippen molar-refractivity contribution in [3.05, 3.63) is 29.3 Å². The molecule has 30 heavy (non-hydrogen) atoms. The van der Waals surface area contributed by atoms with Crippen LogP contribution in [0.5, 0.6) is 5.75 Å². The number of carboxylic acid groups (broad SMARTS) is 1. The van der Waals surface area contributed by atoms with E-state index in [2.05, 4.69) is 5.32 Å². The van der Waals surface area contributed by atoms with Crippen LogP contribution in [0, 0.1) is 0 Å². The summed E-state index contributed by atoms with van der Waals surface area (Å²) < 4.78 is 5.60. The van der Waals surface area contributed by atoms with Crippen LogP contribution in [0.3, 0.4) is 0 Å².